The van der Waals surface area contributed by atoms with Crippen LogP contribution in [0.25, 0.3) is 0 Å². The van der Waals surface area contributed by atoms with Crippen molar-refractivity contribution in [2.24, 2.45) is 5.92 Å². The lowest BCUT2D eigenvalue weighted by molar-refractivity contribution is 0.284. The minimum absolute atomic E-state index is 0.563. The third-order valence-electron chi connectivity index (χ3n) is 3.12. The summed E-state index contributed by atoms with van der Waals surface area (Å²) >= 11 is 3.28. The Morgan fingerprint density at radius 2 is 2.38 bits per heavy atom. The number of nitrogens with zero attached hydrogens (tertiary/aromatic N) is 4. The van der Waals surface area contributed by atoms with Gasteiger partial charge in [0.05, 0.1) is 6.04 Å². The average molecular weight is 243 g/mol. The van der Waals surface area contributed by atoms with Crippen LogP contribution in [0.3, 0.4) is 0 Å². The zero-order chi connectivity index (χ0) is 8.84. The molecule has 3 rings (SSSR count). The van der Waals surface area contributed by atoms with E-state index in [0.29, 0.717) is 10.8 Å². The van der Waals surface area contributed by atoms with E-state index in [1.165, 1.54) is 19.5 Å². The van der Waals surface area contributed by atoms with Crippen LogP contribution >= 0.6 is 15.9 Å². The fourth-order valence-corrected chi connectivity index (χ4v) is 2.74. The van der Waals surface area contributed by atoms with Crippen LogP contribution < -0.4 is 0 Å². The van der Waals surface area contributed by atoms with E-state index in [1.54, 1.807) is 0 Å². The zero-order valence-electron chi connectivity index (χ0n) is 7.23. The minimum atomic E-state index is 0.563. The van der Waals surface area contributed by atoms with Crippen molar-refractivity contribution < 1.29 is 0 Å². The van der Waals surface area contributed by atoms with Crippen molar-refractivity contribution in [2.45, 2.75) is 12.5 Å². The zero-order valence-corrected chi connectivity index (χ0v) is 8.81. The van der Waals surface area contributed by atoms with Gasteiger partial charge in [0.2, 0.25) is 4.73 Å². The fraction of sp³-hybridized carbons (Fsp3) is 0.750. The second kappa shape index (κ2) is 2.78. The molecule has 13 heavy (non-hydrogen) atoms. The molecule has 2 bridgehead atoms. The second-order valence-corrected chi connectivity index (χ2v) is 4.58. The Morgan fingerprint density at radius 1 is 1.46 bits per heavy atom. The first-order chi connectivity index (χ1) is 6.33. The van der Waals surface area contributed by atoms with E-state index in [9.17, 15) is 0 Å². The molecule has 0 aromatic carbocycles. The van der Waals surface area contributed by atoms with Crippen molar-refractivity contribution in [3.63, 3.8) is 0 Å². The van der Waals surface area contributed by atoms with Crippen LogP contribution in [-0.2, 0) is 0 Å². The van der Waals surface area contributed by atoms with Gasteiger partial charge in [-0.2, -0.15) is 0 Å². The molecule has 0 amide bonds. The molecule has 0 spiro atoms. The molecule has 0 saturated carbocycles. The van der Waals surface area contributed by atoms with Gasteiger partial charge in [-0.1, -0.05) is 0 Å². The van der Waals surface area contributed by atoms with E-state index in [-0.39, 0.29) is 0 Å². The van der Waals surface area contributed by atoms with Gasteiger partial charge in [0.25, 0.3) is 0 Å². The summed E-state index contributed by atoms with van der Waals surface area (Å²) in [5, 5.41) is 4.31. The van der Waals surface area contributed by atoms with Crippen LogP contribution in [0.1, 0.15) is 12.5 Å². The highest BCUT2D eigenvalue weighted by molar-refractivity contribution is 9.10. The maximum absolute atomic E-state index is 4.31. The molecule has 2 aliphatic rings. The molecule has 4 nitrogen and oxygen atoms in total. The van der Waals surface area contributed by atoms with E-state index in [0.717, 1.165) is 12.5 Å². The third kappa shape index (κ3) is 1.21. The van der Waals surface area contributed by atoms with Gasteiger partial charge >= 0.3 is 0 Å². The monoisotopic (exact) mass is 242 g/mol. The van der Waals surface area contributed by atoms with E-state index in [4.69, 9.17) is 0 Å². The smallest absolute Gasteiger partial charge is 0.217 e. The second-order valence-electron chi connectivity index (χ2n) is 3.87. The van der Waals surface area contributed by atoms with Gasteiger partial charge in [-0.3, -0.25) is 0 Å². The van der Waals surface area contributed by atoms with E-state index in [1.807, 2.05) is 11.0 Å². The molecule has 0 radical (unpaired) electrons. The highest BCUT2D eigenvalue weighted by Gasteiger charge is 2.39. The SMILES string of the molecule is Brc1ncn([C@H]2CN3CC[C@H]2C3)n1. The Labute approximate surface area is 85.1 Å². The third-order valence-corrected chi connectivity index (χ3v) is 3.48. The molecule has 1 unspecified atom stereocenters. The maximum Gasteiger partial charge on any atom is 0.217 e. The fourth-order valence-electron chi connectivity index (χ4n) is 2.47. The summed E-state index contributed by atoms with van der Waals surface area (Å²) < 4.78 is 2.71. The van der Waals surface area contributed by atoms with E-state index in [2.05, 4.69) is 30.9 Å². The quantitative estimate of drug-likeness (QED) is 0.735. The number of hydrogen-bond acceptors (Lipinski definition) is 3. The Hall–Kier alpha value is -0.420. The summed E-state index contributed by atoms with van der Waals surface area (Å²) in [6.07, 6.45) is 3.15. The average Bonchev–Trinajstić information content (AvgIpc) is 2.77. The van der Waals surface area contributed by atoms with Crippen molar-refractivity contribution in [3.05, 3.63) is 11.1 Å². The van der Waals surface area contributed by atoms with Gasteiger partial charge in [-0.15, -0.1) is 5.10 Å². The van der Waals surface area contributed by atoms with Gasteiger partial charge < -0.3 is 4.90 Å². The first-order valence-electron chi connectivity index (χ1n) is 4.62. The molecule has 5 heteroatoms. The van der Waals surface area contributed by atoms with Crippen molar-refractivity contribution in [3.8, 4) is 0 Å². The summed E-state index contributed by atoms with van der Waals surface area (Å²) in [5.41, 5.74) is 0. The maximum atomic E-state index is 4.31. The predicted molar refractivity (Wildman–Crippen MR) is 51.3 cm³/mol. The van der Waals surface area contributed by atoms with Gasteiger partial charge in [0.1, 0.15) is 6.33 Å². The summed E-state index contributed by atoms with van der Waals surface area (Å²) in [4.78, 5) is 6.60. The summed E-state index contributed by atoms with van der Waals surface area (Å²) in [5.74, 6) is 0.800. The molecule has 2 aliphatic heterocycles. The first kappa shape index (κ1) is 7.94. The normalized spacial score (nSPS) is 37.2. The van der Waals surface area contributed by atoms with E-state index < -0.39 is 0 Å². The molecule has 2 fully saturated rings. The van der Waals surface area contributed by atoms with Gasteiger partial charge in [-0.25, -0.2) is 9.67 Å². The van der Waals surface area contributed by atoms with Crippen molar-refractivity contribution in [2.75, 3.05) is 19.6 Å². The topological polar surface area (TPSA) is 34.0 Å². The largest absolute Gasteiger partial charge is 0.301 e. The van der Waals surface area contributed by atoms with Crippen LogP contribution in [-0.4, -0.2) is 39.3 Å². The number of halogens is 1. The number of hydrogen-bond donors (Lipinski definition) is 0. The molecule has 0 N–H and O–H groups in total. The molecular weight excluding hydrogens is 232 g/mol. The number of rotatable bonds is 1. The lowest BCUT2D eigenvalue weighted by Crippen LogP contribution is -2.26. The molecule has 3 atom stereocenters. The lowest BCUT2D eigenvalue weighted by Gasteiger charge is -2.21. The number of aromatic nitrogens is 3. The molecule has 3 heterocycles. The Kier molecular flexibility index (Phi) is 1.70. The van der Waals surface area contributed by atoms with Crippen LogP contribution in [0.2, 0.25) is 0 Å². The van der Waals surface area contributed by atoms with Crippen LogP contribution in [0.4, 0.5) is 0 Å². The van der Waals surface area contributed by atoms with E-state index >= 15 is 0 Å². The van der Waals surface area contributed by atoms with Crippen LogP contribution in [0.5, 0.6) is 0 Å². The summed E-state index contributed by atoms with van der Waals surface area (Å²) in [6, 6.07) is 0.563. The van der Waals surface area contributed by atoms with Crippen LogP contribution in [0, 0.1) is 5.92 Å². The van der Waals surface area contributed by atoms with Crippen molar-refractivity contribution in [1.82, 2.24) is 19.7 Å². The Morgan fingerprint density at radius 3 is 2.92 bits per heavy atom. The Bertz CT molecular complexity index is 324. The van der Waals surface area contributed by atoms with Gasteiger partial charge in [0.15, 0.2) is 0 Å². The highest BCUT2D eigenvalue weighted by Crippen LogP contribution is 2.35. The van der Waals surface area contributed by atoms with Crippen molar-refractivity contribution in [1.29, 1.82) is 0 Å². The van der Waals surface area contributed by atoms with Crippen LogP contribution in [0.15, 0.2) is 11.1 Å². The standard InChI is InChI=1S/C8H11BrN4/c9-8-10-5-13(11-8)7-4-12-2-1-6(7)3-12/h5-7H,1-4H2/t6-,7-/m0/s1. The molecule has 1 aromatic heterocycles. The molecule has 0 aliphatic carbocycles. The first-order valence-corrected chi connectivity index (χ1v) is 5.41. The summed E-state index contributed by atoms with van der Waals surface area (Å²) in [7, 11) is 0. The minimum Gasteiger partial charge on any atom is -0.301 e. The predicted octanol–water partition coefficient (Wildman–Crippen LogP) is 0.917. The molecule has 2 saturated heterocycles. The number of fused-ring (bicyclic) bond motifs is 2. The molecular formula is C8H11BrN4. The number of piperidine rings is 1. The van der Waals surface area contributed by atoms with Crippen molar-refractivity contribution >= 4 is 15.9 Å². The highest BCUT2D eigenvalue weighted by atomic mass is 79.9. The molecule has 1 aromatic rings. The summed E-state index contributed by atoms with van der Waals surface area (Å²) in [6.45, 7) is 3.68. The van der Waals surface area contributed by atoms with Gasteiger partial charge in [0, 0.05) is 13.1 Å². The van der Waals surface area contributed by atoms with Gasteiger partial charge in [-0.05, 0) is 34.8 Å². The molecule has 70 valence electrons. The lowest BCUT2D eigenvalue weighted by atomic mass is 10.0. The Balaban J connectivity index is 1.87.